The van der Waals surface area contributed by atoms with Gasteiger partial charge in [0.1, 0.15) is 0 Å². The summed E-state index contributed by atoms with van der Waals surface area (Å²) in [6.07, 6.45) is 9.04. The molecule has 532 valence electrons. The van der Waals surface area contributed by atoms with Crippen molar-refractivity contribution >= 4 is 160 Å². The van der Waals surface area contributed by atoms with Crippen molar-refractivity contribution in [2.24, 2.45) is 0 Å². The number of thiophene rings is 12. The summed E-state index contributed by atoms with van der Waals surface area (Å²) in [4.78, 5) is 26.0. The second kappa shape index (κ2) is 31.8. The summed E-state index contributed by atoms with van der Waals surface area (Å²) in [7, 11) is 0. The lowest BCUT2D eigenvalue weighted by Gasteiger charge is -1.94. The summed E-state index contributed by atoms with van der Waals surface area (Å²) in [6.45, 7) is 52.2. The van der Waals surface area contributed by atoms with Crippen LogP contribution in [0.2, 0.25) is 0 Å². The first-order valence-electron chi connectivity index (χ1n) is 35.2. The zero-order valence-corrected chi connectivity index (χ0v) is 75.0. The van der Waals surface area contributed by atoms with Gasteiger partial charge in [0.2, 0.25) is 0 Å². The third kappa shape index (κ3) is 15.3. The van der Waals surface area contributed by atoms with Gasteiger partial charge in [0, 0.05) is 19.5 Å². The highest BCUT2D eigenvalue weighted by Crippen LogP contribution is 2.39. The van der Waals surface area contributed by atoms with E-state index in [1.807, 2.05) is 0 Å². The maximum atomic E-state index is 3.59. The van der Waals surface area contributed by atoms with Crippen molar-refractivity contribution in [1.29, 1.82) is 0 Å². The second-order valence-electron chi connectivity index (χ2n) is 27.4. The van der Waals surface area contributed by atoms with Gasteiger partial charge in [-0.1, -0.05) is 0 Å². The Hall–Kier alpha value is -8.52. The van der Waals surface area contributed by atoms with Crippen LogP contribution in [0.1, 0.15) is 251 Å². The van der Waals surface area contributed by atoms with E-state index in [0.717, 1.165) is 97.5 Å². The number of rotatable bonds is 0. The molecule has 0 aliphatic carbocycles. The fourth-order valence-electron chi connectivity index (χ4n) is 11.7. The fraction of sp³-hybridized carbons (Fsp3) is 0.250. The largest absolute Gasteiger partial charge is 0.127 e. The van der Waals surface area contributed by atoms with Crippen LogP contribution in [-0.2, 0) is 0 Å². The summed E-state index contributed by atoms with van der Waals surface area (Å²) in [5, 5.41) is 0. The Kier molecular flexibility index (Phi) is 22.9. The Morgan fingerprint density at radius 2 is 0.185 bits per heavy atom. The van der Waals surface area contributed by atoms with Crippen LogP contribution in [0.15, 0.2) is 0 Å². The average Bonchev–Trinajstić information content (AvgIpc) is 1.67. The smallest absolute Gasteiger partial charge is 0.0817 e. The molecule has 0 saturated heterocycles. The van der Waals surface area contributed by atoms with Crippen molar-refractivity contribution < 1.29 is 0 Å². The number of hydrogen-bond donors (Lipinski definition) is 0. The van der Waals surface area contributed by atoms with Crippen LogP contribution in [0, 0.1) is 285 Å². The van der Waals surface area contributed by atoms with Crippen LogP contribution in [0.5, 0.6) is 0 Å². The van der Waals surface area contributed by atoms with Crippen LogP contribution in [0.3, 0.4) is 0 Å². The van der Waals surface area contributed by atoms with Gasteiger partial charge in [-0.3, -0.25) is 0 Å². The van der Waals surface area contributed by atoms with Gasteiger partial charge in [0.05, 0.1) is 97.5 Å². The third-order valence-corrected chi connectivity index (χ3v) is 36.1. The quantitative estimate of drug-likeness (QED) is 0.133. The fourth-order valence-corrected chi connectivity index (χ4v) is 24.1. The predicted octanol–water partition coefficient (Wildman–Crippen LogP) is 26.5. The number of fused-ring (bicyclic) bond motifs is 24. The topological polar surface area (TPSA) is 0 Å². The van der Waals surface area contributed by atoms with Gasteiger partial charge in [-0.2, -0.15) is 0 Å². The van der Waals surface area contributed by atoms with Crippen LogP contribution in [0.4, 0.5) is 0 Å². The lowest BCUT2D eigenvalue weighted by Crippen LogP contribution is -1.80. The monoisotopic (exact) mass is 1610 g/mol. The van der Waals surface area contributed by atoms with E-state index in [9.17, 15) is 0 Å². The van der Waals surface area contributed by atoms with Gasteiger partial charge in [0.15, 0.2) is 0 Å². The summed E-state index contributed by atoms with van der Waals surface area (Å²) >= 11 is 20.5. The molecule has 0 spiro atoms. The van der Waals surface area contributed by atoms with Gasteiger partial charge in [-0.25, -0.2) is 0 Å². The highest BCUT2D eigenvalue weighted by molar-refractivity contribution is 7.18. The molecule has 0 nitrogen and oxygen atoms in total. The third-order valence-electron chi connectivity index (χ3n) is 21.2. The normalized spacial score (nSPS) is 11.6. The van der Waals surface area contributed by atoms with Crippen molar-refractivity contribution in [2.75, 3.05) is 0 Å². The molecule has 1 aliphatic rings. The lowest BCUT2D eigenvalue weighted by molar-refractivity contribution is 1.37. The van der Waals surface area contributed by atoms with Crippen LogP contribution < -0.4 is 0 Å². The molecule has 0 unspecified atom stereocenters. The summed E-state index contributed by atoms with van der Waals surface area (Å²) in [6, 6.07) is 0. The second-order valence-corrected chi connectivity index (χ2v) is 39.8. The summed E-state index contributed by atoms with van der Waals surface area (Å²) in [5.41, 5.74) is 28.8. The van der Waals surface area contributed by atoms with E-state index < -0.39 is 0 Å². The molecule has 108 heavy (non-hydrogen) atoms. The van der Waals surface area contributed by atoms with E-state index in [4.69, 9.17) is 0 Å². The minimum atomic E-state index is 1.04. The van der Waals surface area contributed by atoms with Gasteiger partial charge in [-0.15, -0.1) is 136 Å². The highest BCUT2D eigenvalue weighted by atomic mass is 32.1. The Balaban J connectivity index is 0.816. The minimum Gasteiger partial charge on any atom is -0.127 e. The van der Waals surface area contributed by atoms with E-state index in [1.165, 1.54) is 153 Å². The van der Waals surface area contributed by atoms with E-state index in [-0.39, 0.29) is 0 Å². The van der Waals surface area contributed by atoms with Crippen LogP contribution >= 0.6 is 136 Å². The maximum absolute atomic E-state index is 3.59. The van der Waals surface area contributed by atoms with E-state index in [1.54, 1.807) is 136 Å². The molecule has 24 bridgehead atoms. The Bertz CT molecular complexity index is 5840. The Morgan fingerprint density at radius 3 is 0.278 bits per heavy atom. The zero-order valence-electron chi connectivity index (χ0n) is 65.2. The molecule has 0 atom stereocenters. The van der Waals surface area contributed by atoms with Crippen molar-refractivity contribution in [3.63, 3.8) is 0 Å². The molecule has 13 heterocycles. The van der Waals surface area contributed by atoms with E-state index in [2.05, 4.69) is 309 Å². The van der Waals surface area contributed by atoms with E-state index in [0.29, 0.717) is 0 Å². The maximum Gasteiger partial charge on any atom is 0.0817 e. The molecule has 0 radical (unpaired) electrons. The molecule has 1 aliphatic heterocycles. The molecule has 12 heteroatoms. The molecule has 0 N–H and O–H groups in total. The van der Waals surface area contributed by atoms with Crippen molar-refractivity contribution in [3.8, 4) is 118 Å². The van der Waals surface area contributed by atoms with Crippen LogP contribution in [0.25, 0.3) is 24.3 Å². The minimum absolute atomic E-state index is 1.04. The molecule has 12 aromatic rings. The zero-order chi connectivity index (χ0) is 77.2. The average molecular weight is 1610 g/mol. The first-order valence-corrected chi connectivity index (χ1v) is 45.0. The molecule has 13 rings (SSSR count). The number of hydrogen-bond acceptors (Lipinski definition) is 12. The molecule has 0 aromatic carbocycles. The van der Waals surface area contributed by atoms with Crippen molar-refractivity contribution in [3.05, 3.63) is 251 Å². The molecular formula is C96H76S12. The van der Waals surface area contributed by atoms with Crippen molar-refractivity contribution in [1.82, 2.24) is 0 Å². The van der Waals surface area contributed by atoms with E-state index >= 15 is 0 Å². The molecular weight excluding hydrogens is 1540 g/mol. The molecule has 0 amide bonds. The van der Waals surface area contributed by atoms with Gasteiger partial charge in [-0.05, 0) is 442 Å². The van der Waals surface area contributed by atoms with Gasteiger partial charge >= 0.3 is 0 Å². The SMILES string of the molecule is Cc1c2sc(c1C)C#Cc1sc(c(C)c1C)C#Cc1sc(c(C)c1C)C=Cc1sc(c(C)c1C)C#Cc1sc(c(C)c1C)C#Cc1sc(c(C)c1C)C#Cc1sc(c(C)c1C)C#Cc1sc(c(C)c1C)C#Cc1sc(c(C)c1C)C=Cc1sc(c(C)c1C)C#Cc1sc(c(C)c1C)C#Cc1sc(c(C)c1C)C#C2. The Morgan fingerprint density at radius 1 is 0.111 bits per heavy atom. The highest BCUT2D eigenvalue weighted by Gasteiger charge is 2.20. The van der Waals surface area contributed by atoms with Crippen molar-refractivity contribution in [2.45, 2.75) is 166 Å². The van der Waals surface area contributed by atoms with Gasteiger partial charge in [0.25, 0.3) is 0 Å². The molecule has 0 fully saturated rings. The standard InChI is InChI=1S/C96H76S12/c1-49-50(2)74-27-28-76-53(5)54(6)78(99-76)31-32-80-57(9)58(10)82(101-80)35-36-84-61(13)62(14)86(103-84)39-40-88-65(17)66(18)90(105-88)43-44-92-69(21)70(22)94(107-92)47-48-96-72(24)71(23)95(108-96)46-45-93-68(20)67(19)91(106-93)42-41-89-64(16)63(15)87(104-89)38-37-85-60(12)59(11)83(102-85)34-33-81-56(8)55(7)79(100-81)30-29-77-52(4)51(3)75(98-77)26-25-73(49)97-74/h25-26,47-48H,1-24H3. The molecule has 0 saturated carbocycles. The predicted molar refractivity (Wildman–Crippen MR) is 483 cm³/mol. The Labute approximate surface area is 688 Å². The first kappa shape index (κ1) is 77.6. The molecule has 12 aromatic heterocycles. The van der Waals surface area contributed by atoms with Gasteiger partial charge < -0.3 is 0 Å². The van der Waals surface area contributed by atoms with Crippen LogP contribution in [-0.4, -0.2) is 0 Å². The lowest BCUT2D eigenvalue weighted by atomic mass is 10.1. The summed E-state index contributed by atoms with van der Waals surface area (Å²) < 4.78 is 0. The first-order chi connectivity index (χ1) is 51.5. The summed E-state index contributed by atoms with van der Waals surface area (Å²) in [5.74, 6) is 71.5.